The van der Waals surface area contributed by atoms with E-state index in [2.05, 4.69) is 0 Å². The molecule has 16 heavy (non-hydrogen) atoms. The Morgan fingerprint density at radius 1 is 1.06 bits per heavy atom. The van der Waals surface area contributed by atoms with Crippen molar-refractivity contribution in [1.29, 1.82) is 0 Å². The Morgan fingerprint density at radius 2 is 1.56 bits per heavy atom. The first-order valence-electron chi connectivity index (χ1n) is 5.43. The van der Waals surface area contributed by atoms with Crippen LogP contribution in [0.15, 0.2) is 30.3 Å². The molecule has 0 atom stereocenters. The summed E-state index contributed by atoms with van der Waals surface area (Å²) in [5.41, 5.74) is -0.522. The number of ether oxygens (including phenoxy) is 2. The second kappa shape index (κ2) is 6.88. The van der Waals surface area contributed by atoms with E-state index in [1.165, 1.54) is 0 Å². The zero-order valence-corrected chi connectivity index (χ0v) is 10.6. The lowest BCUT2D eigenvalue weighted by Crippen LogP contribution is -2.25. The number of hydrogen-bond acceptors (Lipinski definition) is 3. The molecule has 0 saturated carbocycles. The van der Waals surface area contributed by atoms with E-state index in [1.54, 1.807) is 45.0 Å². The van der Waals surface area contributed by atoms with Crippen LogP contribution in [0.2, 0.25) is 0 Å². The van der Waals surface area contributed by atoms with Gasteiger partial charge in [-0.3, -0.25) is 0 Å². The van der Waals surface area contributed by atoms with Crippen LogP contribution in [0.4, 0.5) is 4.79 Å². The summed E-state index contributed by atoms with van der Waals surface area (Å²) < 4.78 is 9.91. The van der Waals surface area contributed by atoms with E-state index in [4.69, 9.17) is 9.47 Å². The molecule has 0 aliphatic heterocycles. The zero-order valence-electron chi connectivity index (χ0n) is 10.6. The van der Waals surface area contributed by atoms with Gasteiger partial charge >= 0.3 is 6.16 Å². The molecule has 3 heteroatoms. The van der Waals surface area contributed by atoms with Gasteiger partial charge in [0.05, 0.1) is 0 Å². The molecule has 1 rings (SSSR count). The summed E-state index contributed by atoms with van der Waals surface area (Å²) in [6.45, 7) is 9.37. The van der Waals surface area contributed by atoms with Crippen LogP contribution in [-0.4, -0.2) is 11.8 Å². The molecular formula is C13H20O3. The summed E-state index contributed by atoms with van der Waals surface area (Å²) in [7, 11) is 0. The number of hydrogen-bond donors (Lipinski definition) is 0. The minimum Gasteiger partial charge on any atom is -0.428 e. The van der Waals surface area contributed by atoms with E-state index in [9.17, 15) is 4.79 Å². The van der Waals surface area contributed by atoms with E-state index in [0.29, 0.717) is 5.75 Å². The standard InChI is InChI=1S/C11H14O3.C2H6/c1-11(2,3)14-10(12)13-9-7-5-4-6-8-9;1-2/h4-8H,1-3H3;1-2H3. The van der Waals surface area contributed by atoms with Gasteiger partial charge in [0.2, 0.25) is 0 Å². The quantitative estimate of drug-likeness (QED) is 0.533. The van der Waals surface area contributed by atoms with Crippen molar-refractivity contribution in [3.8, 4) is 5.75 Å². The van der Waals surface area contributed by atoms with Gasteiger partial charge in [0, 0.05) is 0 Å². The average molecular weight is 224 g/mol. The molecule has 3 nitrogen and oxygen atoms in total. The van der Waals surface area contributed by atoms with Gasteiger partial charge in [-0.15, -0.1) is 0 Å². The van der Waals surface area contributed by atoms with Crippen LogP contribution in [-0.2, 0) is 4.74 Å². The lowest BCUT2D eigenvalue weighted by Gasteiger charge is -2.18. The van der Waals surface area contributed by atoms with Crippen LogP contribution >= 0.6 is 0 Å². The molecule has 0 unspecified atom stereocenters. The molecule has 0 aliphatic rings. The molecule has 1 aromatic carbocycles. The van der Waals surface area contributed by atoms with Crippen molar-refractivity contribution in [3.63, 3.8) is 0 Å². The number of carbonyl (C=O) groups is 1. The lowest BCUT2D eigenvalue weighted by molar-refractivity contribution is 0.0206. The number of para-hydroxylation sites is 1. The summed E-state index contributed by atoms with van der Waals surface area (Å²) >= 11 is 0. The third-order valence-electron chi connectivity index (χ3n) is 1.33. The number of carbonyl (C=O) groups excluding carboxylic acids is 1. The van der Waals surface area contributed by atoms with Crippen molar-refractivity contribution in [1.82, 2.24) is 0 Å². The van der Waals surface area contributed by atoms with E-state index in [0.717, 1.165) is 0 Å². The van der Waals surface area contributed by atoms with Crippen molar-refractivity contribution in [2.75, 3.05) is 0 Å². The van der Waals surface area contributed by atoms with Crippen molar-refractivity contribution in [2.45, 2.75) is 40.2 Å². The van der Waals surface area contributed by atoms with Crippen LogP contribution in [0.5, 0.6) is 5.75 Å². The summed E-state index contributed by atoms with van der Waals surface area (Å²) in [6.07, 6.45) is -0.677. The maximum atomic E-state index is 11.2. The molecule has 0 aliphatic carbocycles. The minimum absolute atomic E-state index is 0.488. The first-order chi connectivity index (χ1) is 7.47. The maximum absolute atomic E-state index is 11.2. The summed E-state index contributed by atoms with van der Waals surface area (Å²) in [6, 6.07) is 8.83. The molecule has 0 heterocycles. The van der Waals surface area contributed by atoms with Crippen molar-refractivity contribution >= 4 is 6.16 Å². The second-order valence-corrected chi connectivity index (χ2v) is 3.88. The predicted octanol–water partition coefficient (Wildman–Crippen LogP) is 4.03. The van der Waals surface area contributed by atoms with E-state index in [-0.39, 0.29) is 0 Å². The SMILES string of the molecule is CC.CC(C)(C)OC(=O)Oc1ccccc1. The van der Waals surface area contributed by atoms with Gasteiger partial charge in [-0.2, -0.15) is 0 Å². The van der Waals surface area contributed by atoms with Gasteiger partial charge in [-0.05, 0) is 32.9 Å². The molecular weight excluding hydrogens is 204 g/mol. The Morgan fingerprint density at radius 3 is 2.00 bits per heavy atom. The molecule has 0 amide bonds. The monoisotopic (exact) mass is 224 g/mol. The molecule has 0 bridgehead atoms. The Bertz CT molecular complexity index is 299. The highest BCUT2D eigenvalue weighted by Crippen LogP contribution is 2.13. The highest BCUT2D eigenvalue weighted by Gasteiger charge is 2.17. The third-order valence-corrected chi connectivity index (χ3v) is 1.33. The molecule has 0 radical (unpaired) electrons. The molecule has 0 spiro atoms. The highest BCUT2D eigenvalue weighted by molar-refractivity contribution is 5.64. The highest BCUT2D eigenvalue weighted by atomic mass is 16.7. The Kier molecular flexibility index (Phi) is 6.23. The smallest absolute Gasteiger partial charge is 0.428 e. The second-order valence-electron chi connectivity index (χ2n) is 3.88. The summed E-state index contributed by atoms with van der Waals surface area (Å²) in [4.78, 5) is 11.2. The van der Waals surface area contributed by atoms with E-state index < -0.39 is 11.8 Å². The fraction of sp³-hybridized carbons (Fsp3) is 0.462. The molecule has 1 aromatic rings. The van der Waals surface area contributed by atoms with E-state index in [1.807, 2.05) is 19.9 Å². The van der Waals surface area contributed by atoms with Gasteiger partial charge in [-0.25, -0.2) is 4.79 Å². The number of rotatable bonds is 1. The molecule has 0 saturated heterocycles. The fourth-order valence-corrected chi connectivity index (χ4v) is 0.856. The van der Waals surface area contributed by atoms with Gasteiger partial charge in [0.15, 0.2) is 0 Å². The van der Waals surface area contributed by atoms with Crippen LogP contribution in [0, 0.1) is 0 Å². The third kappa shape index (κ3) is 6.87. The topological polar surface area (TPSA) is 35.5 Å². The number of benzene rings is 1. The van der Waals surface area contributed by atoms with E-state index >= 15 is 0 Å². The largest absolute Gasteiger partial charge is 0.514 e. The summed E-state index contributed by atoms with van der Waals surface area (Å²) in [5, 5.41) is 0. The van der Waals surface area contributed by atoms with Crippen LogP contribution < -0.4 is 4.74 Å². The Hall–Kier alpha value is -1.51. The van der Waals surface area contributed by atoms with Crippen molar-refractivity contribution in [3.05, 3.63) is 30.3 Å². The van der Waals surface area contributed by atoms with Gasteiger partial charge in [0.1, 0.15) is 11.4 Å². The Labute approximate surface area is 97.4 Å². The van der Waals surface area contributed by atoms with Crippen LogP contribution in [0.3, 0.4) is 0 Å². The van der Waals surface area contributed by atoms with Gasteiger partial charge in [-0.1, -0.05) is 32.0 Å². The minimum atomic E-state index is -0.677. The van der Waals surface area contributed by atoms with Crippen molar-refractivity contribution < 1.29 is 14.3 Å². The molecule has 0 aromatic heterocycles. The van der Waals surface area contributed by atoms with Crippen LogP contribution in [0.25, 0.3) is 0 Å². The zero-order chi connectivity index (χ0) is 12.6. The normalized spacial score (nSPS) is 9.81. The van der Waals surface area contributed by atoms with Gasteiger partial charge < -0.3 is 9.47 Å². The maximum Gasteiger partial charge on any atom is 0.514 e. The predicted molar refractivity (Wildman–Crippen MR) is 64.7 cm³/mol. The average Bonchev–Trinajstić information content (AvgIpc) is 2.19. The van der Waals surface area contributed by atoms with Gasteiger partial charge in [0.25, 0.3) is 0 Å². The molecule has 0 fully saturated rings. The Balaban J connectivity index is 0.00000106. The molecule has 0 N–H and O–H groups in total. The first kappa shape index (κ1) is 14.5. The first-order valence-corrected chi connectivity index (χ1v) is 5.43. The lowest BCUT2D eigenvalue weighted by atomic mass is 10.2. The van der Waals surface area contributed by atoms with Crippen LogP contribution in [0.1, 0.15) is 34.6 Å². The summed E-state index contributed by atoms with van der Waals surface area (Å²) in [5.74, 6) is 0.488. The van der Waals surface area contributed by atoms with Crippen molar-refractivity contribution in [2.24, 2.45) is 0 Å². The fourth-order valence-electron chi connectivity index (χ4n) is 0.856. The molecule has 90 valence electrons.